The Kier molecular flexibility index (Phi) is 11.2. The first-order valence-electron chi connectivity index (χ1n) is 9.61. The molecule has 0 aromatic heterocycles. The first-order valence-corrected chi connectivity index (χ1v) is 9.99. The van der Waals surface area contributed by atoms with Crippen LogP contribution in [0.1, 0.15) is 32.4 Å². The molecule has 3 N–H and O–H groups in total. The first kappa shape index (κ1) is 25.9. The van der Waals surface area contributed by atoms with Crippen LogP contribution in [-0.2, 0) is 9.53 Å². The number of carbonyl (C=O) groups excluding carboxylic acids is 1. The molecule has 1 fully saturated rings. The van der Waals surface area contributed by atoms with Crippen LogP contribution in [0.15, 0.2) is 29.3 Å². The Morgan fingerprint density at radius 2 is 1.83 bits per heavy atom. The summed E-state index contributed by atoms with van der Waals surface area (Å²) in [5.74, 6) is 0.522. The van der Waals surface area contributed by atoms with E-state index < -0.39 is 0 Å². The van der Waals surface area contributed by atoms with Crippen molar-refractivity contribution >= 4 is 47.4 Å². The highest BCUT2D eigenvalue weighted by Crippen LogP contribution is 2.23. The number of hydrogen-bond donors (Lipinski definition) is 3. The monoisotopic (exact) mass is 537 g/mol. The van der Waals surface area contributed by atoms with E-state index >= 15 is 0 Å². The fourth-order valence-electron chi connectivity index (χ4n) is 3.07. The van der Waals surface area contributed by atoms with Crippen molar-refractivity contribution < 1.29 is 9.53 Å². The van der Waals surface area contributed by atoms with Gasteiger partial charge in [-0.15, -0.1) is 24.0 Å². The normalized spacial score (nSPS) is 16.5. The van der Waals surface area contributed by atoms with Gasteiger partial charge in [-0.3, -0.25) is 14.7 Å². The molecule has 1 atom stereocenters. The van der Waals surface area contributed by atoms with Crippen LogP contribution >= 0.6 is 35.6 Å². The second-order valence-corrected chi connectivity index (χ2v) is 8.26. The second-order valence-electron chi connectivity index (χ2n) is 7.82. The zero-order valence-corrected chi connectivity index (χ0v) is 20.7. The average molecular weight is 538 g/mol. The lowest BCUT2D eigenvalue weighted by Gasteiger charge is -2.35. The van der Waals surface area contributed by atoms with E-state index in [9.17, 15) is 4.79 Å². The van der Waals surface area contributed by atoms with Crippen molar-refractivity contribution in [3.63, 3.8) is 0 Å². The molecule has 1 aromatic carbocycles. The van der Waals surface area contributed by atoms with Gasteiger partial charge in [-0.25, -0.2) is 0 Å². The number of hydrogen-bond acceptors (Lipinski definition) is 4. The topological polar surface area (TPSA) is 78.0 Å². The molecule has 2 rings (SSSR count). The van der Waals surface area contributed by atoms with Crippen LogP contribution in [0, 0.1) is 0 Å². The summed E-state index contributed by atoms with van der Waals surface area (Å²) in [6, 6.07) is 8.08. The van der Waals surface area contributed by atoms with Gasteiger partial charge < -0.3 is 20.7 Å². The highest BCUT2D eigenvalue weighted by Gasteiger charge is 2.23. The van der Waals surface area contributed by atoms with Gasteiger partial charge in [0.2, 0.25) is 5.91 Å². The molecule has 1 heterocycles. The van der Waals surface area contributed by atoms with Crippen molar-refractivity contribution in [2.45, 2.75) is 32.4 Å². The maximum atomic E-state index is 12.0. The summed E-state index contributed by atoms with van der Waals surface area (Å²) in [7, 11) is 1.70. The molecule has 0 radical (unpaired) electrons. The molecule has 7 nitrogen and oxygen atoms in total. The van der Waals surface area contributed by atoms with Gasteiger partial charge in [0.15, 0.2) is 5.96 Å². The highest BCUT2D eigenvalue weighted by atomic mass is 127. The van der Waals surface area contributed by atoms with E-state index in [-0.39, 0.29) is 48.0 Å². The maximum Gasteiger partial charge on any atom is 0.239 e. The fourth-order valence-corrected chi connectivity index (χ4v) is 3.20. The number of benzene rings is 1. The number of nitrogens with zero attached hydrogens (tertiary/aromatic N) is 2. The van der Waals surface area contributed by atoms with Crippen molar-refractivity contribution in [1.82, 2.24) is 20.9 Å². The third kappa shape index (κ3) is 9.50. The van der Waals surface area contributed by atoms with Crippen molar-refractivity contribution in [3.05, 3.63) is 34.9 Å². The van der Waals surface area contributed by atoms with Crippen LogP contribution < -0.4 is 16.0 Å². The second kappa shape index (κ2) is 12.6. The third-order valence-corrected chi connectivity index (χ3v) is 4.61. The number of guanidine groups is 1. The molecule has 1 saturated heterocycles. The summed E-state index contributed by atoms with van der Waals surface area (Å²) in [4.78, 5) is 18.6. The van der Waals surface area contributed by atoms with Crippen LogP contribution in [0.5, 0.6) is 0 Å². The Bertz CT molecular complexity index is 658. The first-order chi connectivity index (χ1) is 13.3. The van der Waals surface area contributed by atoms with Crippen LogP contribution in [0.3, 0.4) is 0 Å². The molecule has 1 aliphatic rings. The number of amides is 1. The number of halogens is 2. The lowest BCUT2D eigenvalue weighted by Crippen LogP contribution is -2.50. The molecule has 1 unspecified atom stereocenters. The number of nitrogens with one attached hydrogen (secondary N) is 3. The number of ether oxygens (including phenoxy) is 1. The van der Waals surface area contributed by atoms with Gasteiger partial charge in [-0.1, -0.05) is 23.7 Å². The largest absolute Gasteiger partial charge is 0.379 e. The van der Waals surface area contributed by atoms with E-state index in [0.29, 0.717) is 12.5 Å². The third-order valence-electron chi connectivity index (χ3n) is 4.36. The lowest BCUT2D eigenvalue weighted by molar-refractivity contribution is -0.121. The van der Waals surface area contributed by atoms with Crippen LogP contribution in [-0.4, -0.2) is 68.7 Å². The predicted octanol–water partition coefficient (Wildman–Crippen LogP) is 2.41. The average Bonchev–Trinajstić information content (AvgIpc) is 2.65. The van der Waals surface area contributed by atoms with E-state index in [1.54, 1.807) is 7.05 Å². The summed E-state index contributed by atoms with van der Waals surface area (Å²) >= 11 is 6.05. The molecule has 29 heavy (non-hydrogen) atoms. The molecule has 0 spiro atoms. The van der Waals surface area contributed by atoms with Crippen LogP contribution in [0.25, 0.3) is 0 Å². The molecule has 1 aliphatic heterocycles. The molecule has 1 amide bonds. The highest BCUT2D eigenvalue weighted by molar-refractivity contribution is 14.0. The lowest BCUT2D eigenvalue weighted by atomic mass is 10.0. The summed E-state index contributed by atoms with van der Waals surface area (Å²) in [5.41, 5.74) is 0.922. The number of morpholine rings is 1. The van der Waals surface area contributed by atoms with Gasteiger partial charge in [0.25, 0.3) is 0 Å². The number of carbonyl (C=O) groups is 1. The summed E-state index contributed by atoms with van der Waals surface area (Å²) < 4.78 is 5.49. The Labute approximate surface area is 196 Å². The van der Waals surface area contributed by atoms with Crippen molar-refractivity contribution in [2.75, 3.05) is 46.4 Å². The quantitative estimate of drug-likeness (QED) is 0.295. The van der Waals surface area contributed by atoms with E-state index in [2.05, 4.69) is 38.0 Å². The van der Waals surface area contributed by atoms with E-state index in [4.69, 9.17) is 16.3 Å². The smallest absolute Gasteiger partial charge is 0.239 e. The van der Waals surface area contributed by atoms with Crippen LogP contribution in [0.2, 0.25) is 5.02 Å². The van der Waals surface area contributed by atoms with Gasteiger partial charge in [0, 0.05) is 37.2 Å². The molecule has 1 aromatic rings. The van der Waals surface area contributed by atoms with Gasteiger partial charge in [0.05, 0.1) is 25.8 Å². The zero-order valence-electron chi connectivity index (χ0n) is 17.6. The van der Waals surface area contributed by atoms with Crippen molar-refractivity contribution in [1.29, 1.82) is 0 Å². The summed E-state index contributed by atoms with van der Waals surface area (Å²) in [6.45, 7) is 9.88. The van der Waals surface area contributed by atoms with E-state index in [1.807, 2.05) is 32.9 Å². The summed E-state index contributed by atoms with van der Waals surface area (Å²) in [5, 5.41) is 10.1. The molecule has 0 aliphatic carbocycles. The minimum atomic E-state index is -0.258. The number of rotatable bonds is 6. The van der Waals surface area contributed by atoms with E-state index in [1.165, 1.54) is 5.56 Å². The zero-order chi connectivity index (χ0) is 20.6. The molecular formula is C20H33ClIN5O2. The standard InChI is InChI=1S/C20H32ClN5O2.HI/c1-20(2,3)25-18(27)14-24-19(22-4)23-13-17(26-9-11-28-12-10-26)15-5-7-16(21)8-6-15;/h5-8,17H,9-14H2,1-4H3,(H,25,27)(H2,22,23,24);1H. The minimum absolute atomic E-state index is 0. The molecule has 164 valence electrons. The Morgan fingerprint density at radius 3 is 2.38 bits per heavy atom. The van der Waals surface area contributed by atoms with Crippen molar-refractivity contribution in [2.24, 2.45) is 4.99 Å². The Morgan fingerprint density at radius 1 is 1.21 bits per heavy atom. The van der Waals surface area contributed by atoms with Gasteiger partial charge in [-0.05, 0) is 38.5 Å². The maximum absolute atomic E-state index is 12.0. The van der Waals surface area contributed by atoms with Gasteiger partial charge in [-0.2, -0.15) is 0 Å². The molecule has 0 saturated carbocycles. The van der Waals surface area contributed by atoms with Gasteiger partial charge in [0.1, 0.15) is 0 Å². The number of aliphatic imine (C=N–C) groups is 1. The van der Waals surface area contributed by atoms with Crippen LogP contribution in [0.4, 0.5) is 0 Å². The molecular weight excluding hydrogens is 505 g/mol. The predicted molar refractivity (Wildman–Crippen MR) is 129 cm³/mol. The van der Waals surface area contributed by atoms with E-state index in [0.717, 1.165) is 31.3 Å². The molecule has 0 bridgehead atoms. The Balaban J connectivity index is 0.00000420. The SMILES string of the molecule is CN=C(NCC(=O)NC(C)(C)C)NCC(c1ccc(Cl)cc1)N1CCOCC1.I. The molecule has 9 heteroatoms. The minimum Gasteiger partial charge on any atom is -0.379 e. The van der Waals surface area contributed by atoms with Gasteiger partial charge >= 0.3 is 0 Å². The Hall–Kier alpha value is -1.10. The van der Waals surface area contributed by atoms with Crippen molar-refractivity contribution in [3.8, 4) is 0 Å². The summed E-state index contributed by atoms with van der Waals surface area (Å²) in [6.07, 6.45) is 0. The fraction of sp³-hybridized carbons (Fsp3) is 0.600.